The molecule has 1 heterocycles. The summed E-state index contributed by atoms with van der Waals surface area (Å²) in [6.07, 6.45) is 0. The highest BCUT2D eigenvalue weighted by molar-refractivity contribution is 6.32. The van der Waals surface area contributed by atoms with Crippen LogP contribution < -0.4 is 10.1 Å². The molecule has 0 aliphatic carbocycles. The maximum absolute atomic E-state index is 6.11. The Hall–Kier alpha value is -1.58. The Labute approximate surface area is 124 Å². The molecule has 2 aromatic rings. The first-order chi connectivity index (χ1) is 9.69. The standard InChI is InChI=1S/C16H19ClN2O/c1-3-18-10-13-5-4-6-14(19-13)11-20-16-9-12(2)7-8-15(16)17/h4-9,18H,3,10-11H2,1-2H3. The molecule has 20 heavy (non-hydrogen) atoms. The predicted molar refractivity (Wildman–Crippen MR) is 82.1 cm³/mol. The van der Waals surface area contributed by atoms with E-state index in [1.165, 1.54) is 0 Å². The van der Waals surface area contributed by atoms with Gasteiger partial charge in [0.2, 0.25) is 0 Å². The van der Waals surface area contributed by atoms with Gasteiger partial charge < -0.3 is 10.1 Å². The zero-order valence-electron chi connectivity index (χ0n) is 11.8. The lowest BCUT2D eigenvalue weighted by atomic mass is 10.2. The first kappa shape index (κ1) is 14.8. The normalized spacial score (nSPS) is 10.6. The molecule has 0 saturated carbocycles. The molecule has 0 aliphatic rings. The molecule has 0 saturated heterocycles. The van der Waals surface area contributed by atoms with Crippen LogP contribution in [0.4, 0.5) is 0 Å². The molecule has 0 unspecified atom stereocenters. The number of halogens is 1. The zero-order chi connectivity index (χ0) is 14.4. The van der Waals surface area contributed by atoms with Crippen molar-refractivity contribution in [3.8, 4) is 5.75 Å². The predicted octanol–water partition coefficient (Wildman–Crippen LogP) is 3.73. The Morgan fingerprint density at radius 1 is 1.20 bits per heavy atom. The van der Waals surface area contributed by atoms with Crippen molar-refractivity contribution < 1.29 is 4.74 Å². The summed E-state index contributed by atoms with van der Waals surface area (Å²) in [4.78, 5) is 4.55. The Morgan fingerprint density at radius 3 is 2.80 bits per heavy atom. The lowest BCUT2D eigenvalue weighted by Crippen LogP contribution is -2.13. The largest absolute Gasteiger partial charge is 0.486 e. The van der Waals surface area contributed by atoms with Crippen LogP contribution >= 0.6 is 11.6 Å². The number of rotatable bonds is 6. The van der Waals surface area contributed by atoms with Crippen LogP contribution in [-0.4, -0.2) is 11.5 Å². The highest BCUT2D eigenvalue weighted by atomic mass is 35.5. The van der Waals surface area contributed by atoms with Crippen LogP contribution in [0.2, 0.25) is 5.02 Å². The van der Waals surface area contributed by atoms with E-state index in [4.69, 9.17) is 16.3 Å². The van der Waals surface area contributed by atoms with E-state index in [1.807, 2.05) is 43.3 Å². The quantitative estimate of drug-likeness (QED) is 0.880. The average molecular weight is 291 g/mol. The van der Waals surface area contributed by atoms with Crippen LogP contribution in [0.5, 0.6) is 5.75 Å². The van der Waals surface area contributed by atoms with Crippen molar-refractivity contribution in [2.24, 2.45) is 0 Å². The Kier molecular flexibility index (Phi) is 5.39. The summed E-state index contributed by atoms with van der Waals surface area (Å²) in [7, 11) is 0. The highest BCUT2D eigenvalue weighted by Gasteiger charge is 2.03. The van der Waals surface area contributed by atoms with Gasteiger partial charge in [-0.1, -0.05) is 30.7 Å². The number of aryl methyl sites for hydroxylation is 1. The van der Waals surface area contributed by atoms with Gasteiger partial charge in [0.15, 0.2) is 0 Å². The van der Waals surface area contributed by atoms with Crippen LogP contribution in [0.25, 0.3) is 0 Å². The fourth-order valence-corrected chi connectivity index (χ4v) is 2.01. The van der Waals surface area contributed by atoms with Crippen LogP contribution in [0.1, 0.15) is 23.9 Å². The van der Waals surface area contributed by atoms with E-state index in [0.717, 1.165) is 30.0 Å². The summed E-state index contributed by atoms with van der Waals surface area (Å²) in [5.41, 5.74) is 3.04. The molecular formula is C16H19ClN2O. The van der Waals surface area contributed by atoms with Crippen molar-refractivity contribution in [1.82, 2.24) is 10.3 Å². The van der Waals surface area contributed by atoms with Crippen molar-refractivity contribution in [1.29, 1.82) is 0 Å². The van der Waals surface area contributed by atoms with Crippen molar-refractivity contribution in [2.75, 3.05) is 6.54 Å². The minimum Gasteiger partial charge on any atom is -0.486 e. The maximum atomic E-state index is 6.11. The lowest BCUT2D eigenvalue weighted by Gasteiger charge is -2.09. The van der Waals surface area contributed by atoms with Gasteiger partial charge in [-0.2, -0.15) is 0 Å². The van der Waals surface area contributed by atoms with E-state index in [1.54, 1.807) is 0 Å². The molecule has 3 nitrogen and oxygen atoms in total. The minimum atomic E-state index is 0.420. The molecule has 4 heteroatoms. The molecule has 0 radical (unpaired) electrons. The number of hydrogen-bond donors (Lipinski definition) is 1. The maximum Gasteiger partial charge on any atom is 0.138 e. The van der Waals surface area contributed by atoms with E-state index in [0.29, 0.717) is 17.4 Å². The van der Waals surface area contributed by atoms with Crippen LogP contribution in [-0.2, 0) is 13.2 Å². The molecule has 1 aromatic carbocycles. The topological polar surface area (TPSA) is 34.1 Å². The van der Waals surface area contributed by atoms with E-state index >= 15 is 0 Å². The van der Waals surface area contributed by atoms with Gasteiger partial charge in [-0.15, -0.1) is 0 Å². The third-order valence-corrected chi connectivity index (χ3v) is 3.20. The van der Waals surface area contributed by atoms with Crippen LogP contribution in [0, 0.1) is 6.92 Å². The Balaban J connectivity index is 2.01. The van der Waals surface area contributed by atoms with Gasteiger partial charge in [0.1, 0.15) is 12.4 Å². The SMILES string of the molecule is CCNCc1cccc(COc2cc(C)ccc2Cl)n1. The van der Waals surface area contributed by atoms with E-state index in [9.17, 15) is 0 Å². The molecule has 0 fully saturated rings. The third-order valence-electron chi connectivity index (χ3n) is 2.88. The molecule has 1 aromatic heterocycles. The van der Waals surface area contributed by atoms with Crippen LogP contribution in [0.3, 0.4) is 0 Å². The summed E-state index contributed by atoms with van der Waals surface area (Å²) in [5.74, 6) is 0.700. The lowest BCUT2D eigenvalue weighted by molar-refractivity contribution is 0.301. The molecule has 106 valence electrons. The Bertz CT molecular complexity index is 572. The fourth-order valence-electron chi connectivity index (χ4n) is 1.83. The minimum absolute atomic E-state index is 0.420. The van der Waals surface area contributed by atoms with E-state index < -0.39 is 0 Å². The number of nitrogens with zero attached hydrogens (tertiary/aromatic N) is 1. The molecule has 0 aliphatic heterocycles. The molecule has 0 amide bonds. The molecule has 2 rings (SSSR count). The number of hydrogen-bond acceptors (Lipinski definition) is 3. The van der Waals surface area contributed by atoms with E-state index in [2.05, 4.69) is 17.2 Å². The van der Waals surface area contributed by atoms with Crippen molar-refractivity contribution in [3.63, 3.8) is 0 Å². The van der Waals surface area contributed by atoms with Gasteiger partial charge in [-0.25, -0.2) is 0 Å². The van der Waals surface area contributed by atoms with Gasteiger partial charge in [-0.05, 0) is 43.3 Å². The first-order valence-corrected chi connectivity index (χ1v) is 7.11. The molecule has 0 atom stereocenters. The summed E-state index contributed by atoms with van der Waals surface area (Å²) in [6.45, 7) is 6.21. The number of pyridine rings is 1. The monoisotopic (exact) mass is 290 g/mol. The zero-order valence-corrected chi connectivity index (χ0v) is 12.6. The van der Waals surface area contributed by atoms with Crippen molar-refractivity contribution in [2.45, 2.75) is 27.0 Å². The second-order valence-electron chi connectivity index (χ2n) is 4.62. The molecule has 0 spiro atoms. The van der Waals surface area contributed by atoms with Gasteiger partial charge in [0, 0.05) is 6.54 Å². The number of aromatic nitrogens is 1. The summed E-state index contributed by atoms with van der Waals surface area (Å²) >= 11 is 6.11. The summed E-state index contributed by atoms with van der Waals surface area (Å²) < 4.78 is 5.75. The first-order valence-electron chi connectivity index (χ1n) is 6.73. The third kappa shape index (κ3) is 4.22. The highest BCUT2D eigenvalue weighted by Crippen LogP contribution is 2.25. The molecule has 0 bridgehead atoms. The van der Waals surface area contributed by atoms with Crippen molar-refractivity contribution in [3.05, 3.63) is 58.4 Å². The fraction of sp³-hybridized carbons (Fsp3) is 0.312. The van der Waals surface area contributed by atoms with Crippen molar-refractivity contribution >= 4 is 11.6 Å². The number of nitrogens with one attached hydrogen (secondary N) is 1. The molecule has 1 N–H and O–H groups in total. The average Bonchev–Trinajstić information content (AvgIpc) is 2.46. The second-order valence-corrected chi connectivity index (χ2v) is 5.03. The van der Waals surface area contributed by atoms with Crippen LogP contribution in [0.15, 0.2) is 36.4 Å². The molecular weight excluding hydrogens is 272 g/mol. The van der Waals surface area contributed by atoms with E-state index in [-0.39, 0.29) is 0 Å². The number of ether oxygens (including phenoxy) is 1. The van der Waals surface area contributed by atoms with Gasteiger partial charge in [0.05, 0.1) is 16.4 Å². The summed E-state index contributed by atoms with van der Waals surface area (Å²) in [5, 5.41) is 3.88. The Morgan fingerprint density at radius 2 is 2.00 bits per heavy atom. The van der Waals surface area contributed by atoms with Gasteiger partial charge in [-0.3, -0.25) is 4.98 Å². The van der Waals surface area contributed by atoms with Gasteiger partial charge >= 0.3 is 0 Å². The summed E-state index contributed by atoms with van der Waals surface area (Å²) in [6, 6.07) is 11.7. The number of benzene rings is 1. The smallest absolute Gasteiger partial charge is 0.138 e. The van der Waals surface area contributed by atoms with Gasteiger partial charge in [0.25, 0.3) is 0 Å². The second kappa shape index (κ2) is 7.27.